The lowest BCUT2D eigenvalue weighted by molar-refractivity contribution is 0.723. The van der Waals surface area contributed by atoms with E-state index in [1.807, 2.05) is 71.8 Å². The second kappa shape index (κ2) is 8.19. The lowest BCUT2D eigenvalue weighted by Crippen LogP contribution is -2.46. The molecular weight excluding hydrogens is 336 g/mol. The summed E-state index contributed by atoms with van der Waals surface area (Å²) in [6.45, 7) is 0. The third-order valence-electron chi connectivity index (χ3n) is 3.68. The third-order valence-corrected chi connectivity index (χ3v) is 3.68. The molecule has 0 saturated heterocycles. The number of para-hydroxylation sites is 2. The average molecular weight is 355 g/mol. The van der Waals surface area contributed by atoms with Crippen LogP contribution in [-0.2, 0) is 0 Å². The summed E-state index contributed by atoms with van der Waals surface area (Å²) in [6, 6.07) is 30.5. The summed E-state index contributed by atoms with van der Waals surface area (Å²) in [5.74, 6) is 0.862. The number of rotatable bonds is 3. The Kier molecular flexibility index (Phi) is 6.00. The Morgan fingerprint density at radius 3 is 1.68 bits per heavy atom. The van der Waals surface area contributed by atoms with Crippen LogP contribution >= 0.6 is 12.4 Å². The smallest absolute Gasteiger partial charge is 0.182 e. The van der Waals surface area contributed by atoms with E-state index in [0.29, 0.717) is 0 Å². The van der Waals surface area contributed by atoms with Crippen molar-refractivity contribution in [3.63, 3.8) is 0 Å². The minimum Gasteiger partial charge on any atom is -0.412 e. The number of amidine groups is 1. The van der Waals surface area contributed by atoms with Crippen LogP contribution in [-0.4, -0.2) is 11.3 Å². The van der Waals surface area contributed by atoms with Crippen molar-refractivity contribution in [1.82, 2.24) is 5.53 Å². The van der Waals surface area contributed by atoms with Crippen molar-refractivity contribution in [1.29, 1.82) is 0 Å². The number of hydrogen-bond donors (Lipinski definition) is 1. The Morgan fingerprint density at radius 1 is 0.640 bits per heavy atom. The second-order valence-electron chi connectivity index (χ2n) is 5.20. The number of nitrogens with one attached hydrogen (secondary N) is 1. The Morgan fingerprint density at radius 2 is 1.12 bits per heavy atom. The van der Waals surface area contributed by atoms with Gasteiger partial charge in [0.25, 0.3) is 0 Å². The molecule has 0 spiro atoms. The van der Waals surface area contributed by atoms with E-state index in [9.17, 15) is 0 Å². The molecule has 0 unspecified atom stereocenters. The lowest BCUT2D eigenvalue weighted by Gasteiger charge is -2.30. The maximum absolute atomic E-state index is 4.54. The minimum absolute atomic E-state index is 0. The van der Waals surface area contributed by atoms with Gasteiger partial charge in [-0.15, -0.1) is 17.5 Å². The maximum atomic E-state index is 4.54. The molecule has 0 aromatic heterocycles. The van der Waals surface area contributed by atoms with Crippen LogP contribution in [0.2, 0.25) is 0 Å². The van der Waals surface area contributed by atoms with E-state index in [-0.39, 0.29) is 17.9 Å². The molecule has 0 fully saturated rings. The van der Waals surface area contributed by atoms with E-state index in [1.54, 1.807) is 0 Å². The molecule has 1 aliphatic heterocycles. The van der Waals surface area contributed by atoms with Crippen molar-refractivity contribution in [2.45, 2.75) is 0 Å². The largest absolute Gasteiger partial charge is 0.412 e. The fraction of sp³-hybridized carbons (Fsp3) is 0. The molecule has 25 heavy (non-hydrogen) atoms. The first-order valence-electron chi connectivity index (χ1n) is 7.52. The van der Waals surface area contributed by atoms with Gasteiger partial charge in [0.2, 0.25) is 0 Å². The number of anilines is 2. The van der Waals surface area contributed by atoms with Gasteiger partial charge in [0.15, 0.2) is 5.84 Å². The lowest BCUT2D eigenvalue weighted by atomic mass is 10.2. The van der Waals surface area contributed by atoms with Crippen molar-refractivity contribution in [2.75, 3.05) is 10.1 Å². The van der Waals surface area contributed by atoms with Crippen LogP contribution in [0.4, 0.5) is 11.4 Å². The highest BCUT2D eigenvalue weighted by molar-refractivity contribution is 6.12. The SMILES string of the molecule is Cl.O.c1ccc(C2=NNN(c3ccccc3)N2c2ccccc2)cc1. The highest BCUT2D eigenvalue weighted by Gasteiger charge is 2.28. The number of nitrogens with zero attached hydrogens (tertiary/aromatic N) is 3. The van der Waals surface area contributed by atoms with E-state index < -0.39 is 0 Å². The molecule has 0 radical (unpaired) electrons. The highest BCUT2D eigenvalue weighted by atomic mass is 35.5. The second-order valence-corrected chi connectivity index (χ2v) is 5.20. The summed E-state index contributed by atoms with van der Waals surface area (Å²) in [5, 5.41) is 8.56. The van der Waals surface area contributed by atoms with Gasteiger partial charge in [0, 0.05) is 5.56 Å². The molecule has 3 aromatic rings. The molecule has 0 atom stereocenters. The molecule has 5 nitrogen and oxygen atoms in total. The van der Waals surface area contributed by atoms with Crippen LogP contribution in [0.1, 0.15) is 5.56 Å². The van der Waals surface area contributed by atoms with Gasteiger partial charge in [0.1, 0.15) is 0 Å². The van der Waals surface area contributed by atoms with Gasteiger partial charge in [-0.2, -0.15) is 10.7 Å². The van der Waals surface area contributed by atoms with Gasteiger partial charge in [0.05, 0.1) is 11.4 Å². The maximum Gasteiger partial charge on any atom is 0.182 e. The van der Waals surface area contributed by atoms with Crippen LogP contribution in [0.5, 0.6) is 0 Å². The molecule has 1 aliphatic rings. The predicted octanol–water partition coefficient (Wildman–Crippen LogP) is 3.39. The standard InChI is InChI=1S/C19H16N4.ClH.H2O/c1-4-10-16(11-5-1)19-20-21-23(18-14-8-3-9-15-18)22(19)17-12-6-2-7-13-17;;/h1-15,21H;1H;1H2. The Labute approximate surface area is 152 Å². The van der Waals surface area contributed by atoms with Crippen LogP contribution in [0.15, 0.2) is 96.1 Å². The number of hydrogen-bond acceptors (Lipinski definition) is 4. The van der Waals surface area contributed by atoms with Crippen LogP contribution < -0.4 is 15.7 Å². The number of halogens is 1. The van der Waals surface area contributed by atoms with Crippen molar-refractivity contribution in [3.8, 4) is 0 Å². The molecule has 1 heterocycles. The third kappa shape index (κ3) is 3.57. The van der Waals surface area contributed by atoms with Crippen LogP contribution in [0.25, 0.3) is 0 Å². The Balaban J connectivity index is 0.00000113. The Bertz CT molecular complexity index is 813. The van der Waals surface area contributed by atoms with Crippen molar-refractivity contribution in [3.05, 3.63) is 96.6 Å². The first-order chi connectivity index (χ1) is 11.4. The van der Waals surface area contributed by atoms with Crippen molar-refractivity contribution in [2.24, 2.45) is 5.10 Å². The average Bonchev–Trinajstić information content (AvgIpc) is 3.09. The topological polar surface area (TPSA) is 62.4 Å². The number of benzene rings is 3. The van der Waals surface area contributed by atoms with Crippen LogP contribution in [0.3, 0.4) is 0 Å². The van der Waals surface area contributed by atoms with E-state index in [2.05, 4.69) is 39.9 Å². The van der Waals surface area contributed by atoms with E-state index in [4.69, 9.17) is 0 Å². The molecule has 3 N–H and O–H groups in total. The first-order valence-corrected chi connectivity index (χ1v) is 7.52. The number of hydrazine groups is 2. The molecule has 0 aliphatic carbocycles. The molecule has 3 aromatic carbocycles. The van der Waals surface area contributed by atoms with Gasteiger partial charge in [-0.05, 0) is 24.3 Å². The van der Waals surface area contributed by atoms with Gasteiger partial charge >= 0.3 is 0 Å². The monoisotopic (exact) mass is 354 g/mol. The fourth-order valence-electron chi connectivity index (χ4n) is 2.60. The quantitative estimate of drug-likeness (QED) is 0.784. The fourth-order valence-corrected chi connectivity index (χ4v) is 2.60. The molecule has 6 heteroatoms. The first kappa shape index (κ1) is 18.3. The number of hydrazone groups is 1. The molecule has 4 rings (SSSR count). The summed E-state index contributed by atoms with van der Waals surface area (Å²) >= 11 is 0. The zero-order chi connectivity index (χ0) is 15.5. The zero-order valence-electron chi connectivity index (χ0n) is 13.4. The summed E-state index contributed by atoms with van der Waals surface area (Å²) < 4.78 is 0. The summed E-state index contributed by atoms with van der Waals surface area (Å²) in [4.78, 5) is 0. The van der Waals surface area contributed by atoms with E-state index in [1.165, 1.54) is 0 Å². The molecule has 0 saturated carbocycles. The van der Waals surface area contributed by atoms with Gasteiger partial charge < -0.3 is 5.48 Å². The van der Waals surface area contributed by atoms with Gasteiger partial charge in [-0.25, -0.2) is 5.01 Å². The van der Waals surface area contributed by atoms with Gasteiger partial charge in [-0.3, -0.25) is 0 Å². The summed E-state index contributed by atoms with van der Waals surface area (Å²) in [6.07, 6.45) is 0. The van der Waals surface area contributed by atoms with E-state index >= 15 is 0 Å². The molecule has 128 valence electrons. The predicted molar refractivity (Wildman–Crippen MR) is 105 cm³/mol. The van der Waals surface area contributed by atoms with Crippen molar-refractivity contribution >= 4 is 29.6 Å². The molecule has 0 bridgehead atoms. The Hall–Kier alpha value is -3.02. The van der Waals surface area contributed by atoms with Crippen LogP contribution in [0, 0.1) is 0 Å². The molecule has 0 amide bonds. The normalized spacial score (nSPS) is 12.6. The minimum atomic E-state index is 0. The summed E-state index contributed by atoms with van der Waals surface area (Å²) in [7, 11) is 0. The van der Waals surface area contributed by atoms with E-state index in [0.717, 1.165) is 22.8 Å². The molecular formula is C19H19ClN4O. The summed E-state index contributed by atoms with van der Waals surface area (Å²) in [5.41, 5.74) is 6.24. The van der Waals surface area contributed by atoms with Gasteiger partial charge in [-0.1, -0.05) is 66.7 Å². The van der Waals surface area contributed by atoms with Crippen molar-refractivity contribution < 1.29 is 5.48 Å². The highest BCUT2D eigenvalue weighted by Crippen LogP contribution is 2.26. The zero-order valence-corrected chi connectivity index (χ0v) is 14.2.